The van der Waals surface area contributed by atoms with Crippen LogP contribution in [0.15, 0.2) is 273 Å². The van der Waals surface area contributed by atoms with Crippen molar-refractivity contribution in [3.8, 4) is 85.4 Å². The van der Waals surface area contributed by atoms with Gasteiger partial charge in [-0.15, -0.1) is 0 Å². The molecule has 378 valence electrons. The van der Waals surface area contributed by atoms with Gasteiger partial charge in [-0.2, -0.15) is 0 Å². The topological polar surface area (TPSA) is 92.1 Å². The van der Waals surface area contributed by atoms with Crippen LogP contribution in [0.1, 0.15) is 0 Å². The first-order valence-electron chi connectivity index (χ1n) is 27.1. The van der Waals surface area contributed by atoms with Gasteiger partial charge >= 0.3 is 0 Å². The van der Waals surface area contributed by atoms with E-state index in [9.17, 15) is 0 Å². The molecule has 0 radical (unpaired) electrons. The van der Waals surface area contributed by atoms with Crippen LogP contribution in [0, 0.1) is 0 Å². The van der Waals surface area contributed by atoms with Crippen molar-refractivity contribution in [1.29, 1.82) is 0 Å². The second-order valence-corrected chi connectivity index (χ2v) is 20.3. The molecular weight excluding hydrogens is 991 g/mol. The van der Waals surface area contributed by atoms with E-state index >= 15 is 0 Å². The Morgan fingerprint density at radius 3 is 0.790 bits per heavy atom. The summed E-state index contributed by atoms with van der Waals surface area (Å²) in [4.78, 5) is 31.9. The molecule has 5 heterocycles. The second-order valence-electron chi connectivity index (χ2n) is 20.3. The number of benzene rings is 11. The standard InChI is InChI=1S/C72H45N9/c1-5-22-46(23-6-1)67-73-68(47-24-7-2-8-25-47)76-71(75-67)56-34-21-35-57(72-77-69(48-26-9-3-10-27-48)74-70(78-72)49-28-11-4-12-29-49)66(56)81-64-42-40-50(79-60-36-17-13-30-52(60)53-31-14-18-37-61(53)79)44-58(64)59-45-51(41-43-65(59)81)80-62-38-19-15-32-54(62)55-33-16-20-39-63(55)80/h1-45H. The molecule has 0 aliphatic rings. The smallest absolute Gasteiger partial charge is 0.166 e. The van der Waals surface area contributed by atoms with Gasteiger partial charge in [0.1, 0.15) is 0 Å². The molecule has 9 nitrogen and oxygen atoms in total. The zero-order chi connectivity index (χ0) is 53.4. The Balaban J connectivity index is 1.04. The van der Waals surface area contributed by atoms with Crippen LogP contribution in [0.2, 0.25) is 0 Å². The highest BCUT2D eigenvalue weighted by atomic mass is 15.1. The van der Waals surface area contributed by atoms with Crippen molar-refractivity contribution in [2.45, 2.75) is 0 Å². The average molecular weight is 1040 g/mol. The molecule has 0 N–H and O–H groups in total. The molecule has 0 unspecified atom stereocenters. The summed E-state index contributed by atoms with van der Waals surface area (Å²) in [5.41, 5.74) is 14.4. The molecular formula is C72H45N9. The fourth-order valence-corrected chi connectivity index (χ4v) is 11.9. The van der Waals surface area contributed by atoms with E-state index in [0.717, 1.165) is 94.3 Å². The second kappa shape index (κ2) is 18.8. The maximum atomic E-state index is 5.41. The van der Waals surface area contributed by atoms with Crippen LogP contribution in [-0.4, -0.2) is 43.6 Å². The fraction of sp³-hybridized carbons (Fsp3) is 0. The predicted molar refractivity (Wildman–Crippen MR) is 329 cm³/mol. The van der Waals surface area contributed by atoms with Crippen LogP contribution in [0.3, 0.4) is 0 Å². The summed E-state index contributed by atoms with van der Waals surface area (Å²) in [6.07, 6.45) is 0. The minimum absolute atomic E-state index is 0.499. The van der Waals surface area contributed by atoms with Crippen molar-refractivity contribution in [1.82, 2.24) is 43.6 Å². The molecule has 0 saturated heterocycles. The number of para-hydroxylation sites is 5. The van der Waals surface area contributed by atoms with Gasteiger partial charge in [0.25, 0.3) is 0 Å². The molecule has 0 aliphatic carbocycles. The Hall–Kier alpha value is -11.2. The normalized spacial score (nSPS) is 11.7. The van der Waals surface area contributed by atoms with Crippen molar-refractivity contribution in [2.24, 2.45) is 0 Å². The fourth-order valence-electron chi connectivity index (χ4n) is 11.9. The summed E-state index contributed by atoms with van der Waals surface area (Å²) in [6, 6.07) is 95.3. The van der Waals surface area contributed by atoms with E-state index in [1.807, 2.05) is 121 Å². The highest BCUT2D eigenvalue weighted by Crippen LogP contribution is 2.44. The van der Waals surface area contributed by atoms with Gasteiger partial charge in [-0.1, -0.05) is 200 Å². The van der Waals surface area contributed by atoms with Gasteiger partial charge in [0.05, 0.1) is 38.8 Å². The molecule has 81 heavy (non-hydrogen) atoms. The van der Waals surface area contributed by atoms with Crippen LogP contribution in [0.5, 0.6) is 0 Å². The molecule has 0 fully saturated rings. The van der Waals surface area contributed by atoms with Gasteiger partial charge in [-0.25, -0.2) is 29.9 Å². The zero-order valence-electron chi connectivity index (χ0n) is 43.5. The molecule has 5 aromatic heterocycles. The minimum atomic E-state index is 0.499. The van der Waals surface area contributed by atoms with Gasteiger partial charge < -0.3 is 13.7 Å². The van der Waals surface area contributed by atoms with Gasteiger partial charge in [0.2, 0.25) is 0 Å². The lowest BCUT2D eigenvalue weighted by atomic mass is 10.0. The highest BCUT2D eigenvalue weighted by molar-refractivity contribution is 6.14. The lowest BCUT2D eigenvalue weighted by Crippen LogP contribution is -2.07. The van der Waals surface area contributed by atoms with E-state index in [4.69, 9.17) is 29.9 Å². The number of hydrogen-bond donors (Lipinski definition) is 0. The molecule has 0 bridgehead atoms. The number of fused-ring (bicyclic) bond motifs is 9. The van der Waals surface area contributed by atoms with Crippen LogP contribution >= 0.6 is 0 Å². The number of hydrogen-bond acceptors (Lipinski definition) is 6. The molecule has 11 aromatic carbocycles. The monoisotopic (exact) mass is 1040 g/mol. The van der Waals surface area contributed by atoms with E-state index in [2.05, 4.69) is 165 Å². The number of nitrogens with zero attached hydrogens (tertiary/aromatic N) is 9. The molecule has 16 aromatic rings. The van der Waals surface area contributed by atoms with Crippen molar-refractivity contribution < 1.29 is 0 Å². The van der Waals surface area contributed by atoms with Crippen molar-refractivity contribution in [2.75, 3.05) is 0 Å². The third kappa shape index (κ3) is 7.62. The largest absolute Gasteiger partial charge is 0.309 e. The molecule has 0 amide bonds. The summed E-state index contributed by atoms with van der Waals surface area (Å²) >= 11 is 0. The van der Waals surface area contributed by atoms with Crippen LogP contribution in [-0.2, 0) is 0 Å². The summed E-state index contributed by atoms with van der Waals surface area (Å²) in [5, 5.41) is 6.92. The van der Waals surface area contributed by atoms with Crippen LogP contribution in [0.25, 0.3) is 151 Å². The van der Waals surface area contributed by atoms with Gasteiger partial charge in [0, 0.05) is 77.1 Å². The quantitative estimate of drug-likeness (QED) is 0.143. The molecule has 0 saturated carbocycles. The SMILES string of the molecule is c1ccc(-c2nc(-c3ccccc3)nc(-c3cccc(-c4nc(-c5ccccc5)nc(-c5ccccc5)n4)c3-n3c4ccc(-n5c6ccccc6c6ccccc65)cc4c4cc(-n5c6ccccc6c6ccccc65)ccc43)n2)cc1. The van der Waals surface area contributed by atoms with Gasteiger partial charge in [-0.05, 0) is 72.8 Å². The highest BCUT2D eigenvalue weighted by Gasteiger charge is 2.26. The lowest BCUT2D eigenvalue weighted by molar-refractivity contribution is 1.05. The number of rotatable bonds is 9. The summed E-state index contributed by atoms with van der Waals surface area (Å²) in [7, 11) is 0. The Morgan fingerprint density at radius 1 is 0.198 bits per heavy atom. The third-order valence-electron chi connectivity index (χ3n) is 15.5. The van der Waals surface area contributed by atoms with Crippen molar-refractivity contribution >= 4 is 65.4 Å². The van der Waals surface area contributed by atoms with Crippen LogP contribution < -0.4 is 0 Å². The number of aromatic nitrogens is 9. The molecule has 0 spiro atoms. The molecule has 16 rings (SSSR count). The van der Waals surface area contributed by atoms with E-state index in [-0.39, 0.29) is 0 Å². The van der Waals surface area contributed by atoms with Crippen molar-refractivity contribution in [3.63, 3.8) is 0 Å². The Kier molecular flexibility index (Phi) is 10.7. The Morgan fingerprint density at radius 2 is 0.469 bits per heavy atom. The molecule has 9 heteroatoms. The Bertz CT molecular complexity index is 4570. The van der Waals surface area contributed by atoms with Gasteiger partial charge in [0.15, 0.2) is 34.9 Å². The zero-order valence-corrected chi connectivity index (χ0v) is 43.5. The van der Waals surface area contributed by atoms with E-state index in [1.54, 1.807) is 0 Å². The van der Waals surface area contributed by atoms with E-state index in [0.29, 0.717) is 34.9 Å². The van der Waals surface area contributed by atoms with Crippen LogP contribution in [0.4, 0.5) is 0 Å². The maximum absolute atomic E-state index is 5.41. The molecule has 0 aliphatic heterocycles. The maximum Gasteiger partial charge on any atom is 0.166 e. The first-order valence-corrected chi connectivity index (χ1v) is 27.1. The summed E-state index contributed by atoms with van der Waals surface area (Å²) in [5.74, 6) is 3.23. The van der Waals surface area contributed by atoms with Gasteiger partial charge in [-0.3, -0.25) is 0 Å². The first-order chi connectivity index (χ1) is 40.2. The van der Waals surface area contributed by atoms with Crippen molar-refractivity contribution in [3.05, 3.63) is 273 Å². The first kappa shape index (κ1) is 46.0. The Labute approximate surface area is 465 Å². The third-order valence-corrected chi connectivity index (χ3v) is 15.5. The summed E-state index contributed by atoms with van der Waals surface area (Å²) < 4.78 is 7.17. The van der Waals surface area contributed by atoms with E-state index in [1.165, 1.54) is 21.5 Å². The molecule has 0 atom stereocenters. The average Bonchev–Trinajstić information content (AvgIpc) is 4.37. The predicted octanol–water partition coefficient (Wildman–Crippen LogP) is 17.3. The summed E-state index contributed by atoms with van der Waals surface area (Å²) in [6.45, 7) is 0. The lowest BCUT2D eigenvalue weighted by Gasteiger charge is -2.19. The minimum Gasteiger partial charge on any atom is -0.309 e. The van der Waals surface area contributed by atoms with E-state index < -0.39 is 0 Å².